The Kier molecular flexibility index (Phi) is 5.43. The minimum Gasteiger partial charge on any atom is -0.486 e. The third-order valence-electron chi connectivity index (χ3n) is 7.02. The average molecular weight is 442 g/mol. The highest BCUT2D eigenvalue weighted by Crippen LogP contribution is 2.42. The Bertz CT molecular complexity index is 1210. The summed E-state index contributed by atoms with van der Waals surface area (Å²) < 4.78 is 6.59. The van der Waals surface area contributed by atoms with E-state index in [1.807, 2.05) is 32.9 Å². The van der Waals surface area contributed by atoms with Gasteiger partial charge in [0.15, 0.2) is 5.78 Å². The summed E-state index contributed by atoms with van der Waals surface area (Å²) in [7, 11) is 0. The molecular formula is C28H31N3O2. The highest BCUT2D eigenvalue weighted by Gasteiger charge is 2.44. The van der Waals surface area contributed by atoms with Crippen molar-refractivity contribution in [1.82, 2.24) is 9.97 Å². The number of hydrogen-bond acceptors (Lipinski definition) is 5. The molecule has 0 radical (unpaired) electrons. The third kappa shape index (κ3) is 4.12. The van der Waals surface area contributed by atoms with Gasteiger partial charge in [-0.25, -0.2) is 9.97 Å². The normalized spacial score (nSPS) is 17.1. The molecule has 2 aromatic carbocycles. The number of Topliss-reactive ketones (excluding diaryl/α,β-unsaturated/α-hetero) is 1. The quantitative estimate of drug-likeness (QED) is 0.552. The van der Waals surface area contributed by atoms with E-state index in [9.17, 15) is 4.79 Å². The number of nitrogens with zero attached hydrogens (tertiary/aromatic N) is 3. The molecule has 5 heteroatoms. The van der Waals surface area contributed by atoms with Gasteiger partial charge in [0.2, 0.25) is 0 Å². The van der Waals surface area contributed by atoms with Crippen LogP contribution in [-0.4, -0.2) is 34.4 Å². The fourth-order valence-corrected chi connectivity index (χ4v) is 5.33. The van der Waals surface area contributed by atoms with Crippen molar-refractivity contribution < 1.29 is 9.53 Å². The lowest BCUT2D eigenvalue weighted by Gasteiger charge is -2.45. The molecule has 2 aliphatic heterocycles. The molecule has 0 unspecified atom stereocenters. The van der Waals surface area contributed by atoms with E-state index >= 15 is 0 Å². The molecule has 0 aliphatic carbocycles. The third-order valence-corrected chi connectivity index (χ3v) is 7.02. The van der Waals surface area contributed by atoms with Gasteiger partial charge in [-0.05, 0) is 50.5 Å². The second-order valence-corrected chi connectivity index (χ2v) is 9.65. The maximum Gasteiger partial charge on any atom is 0.170 e. The molecule has 5 nitrogen and oxygen atoms in total. The Morgan fingerprint density at radius 1 is 1.00 bits per heavy atom. The molecular weight excluding hydrogens is 410 g/mol. The fraction of sp³-hybridized carbons (Fsp3) is 0.393. The van der Waals surface area contributed by atoms with Crippen molar-refractivity contribution in [2.24, 2.45) is 0 Å². The first-order chi connectivity index (χ1) is 15.8. The van der Waals surface area contributed by atoms with Crippen molar-refractivity contribution in [3.8, 4) is 5.75 Å². The summed E-state index contributed by atoms with van der Waals surface area (Å²) in [6, 6.07) is 14.6. The summed E-state index contributed by atoms with van der Waals surface area (Å²) in [5.41, 5.74) is 5.95. The number of piperidine rings is 1. The van der Waals surface area contributed by atoms with Gasteiger partial charge >= 0.3 is 0 Å². The SMILES string of the molecule is Cc1cc(C)c2c(c1)C(=O)CC1(CCN(c3nc(C)nc(C)c3Cc3ccccc3)CC1)O2. The molecule has 3 aromatic rings. The van der Waals surface area contributed by atoms with Crippen LogP contribution < -0.4 is 9.64 Å². The lowest BCUT2D eigenvalue weighted by Crippen LogP contribution is -2.51. The first kappa shape index (κ1) is 21.6. The van der Waals surface area contributed by atoms with E-state index in [0.717, 1.165) is 72.1 Å². The lowest BCUT2D eigenvalue weighted by atomic mass is 9.81. The molecule has 0 saturated carbocycles. The number of carbonyl (C=O) groups is 1. The average Bonchev–Trinajstić information content (AvgIpc) is 2.78. The minimum atomic E-state index is -0.419. The Morgan fingerprint density at radius 3 is 2.45 bits per heavy atom. The molecule has 0 bridgehead atoms. The molecule has 0 N–H and O–H groups in total. The summed E-state index contributed by atoms with van der Waals surface area (Å²) in [5, 5.41) is 0. The summed E-state index contributed by atoms with van der Waals surface area (Å²) >= 11 is 0. The van der Waals surface area contributed by atoms with Crippen LogP contribution in [0.25, 0.3) is 0 Å². The maximum atomic E-state index is 13.0. The van der Waals surface area contributed by atoms with Gasteiger partial charge in [-0.15, -0.1) is 0 Å². The maximum absolute atomic E-state index is 13.0. The lowest BCUT2D eigenvalue weighted by molar-refractivity contribution is 0.0225. The molecule has 0 amide bonds. The standard InChI is InChI=1S/C28H31N3O2/c1-18-14-19(2)26-24(15-18)25(32)17-28(33-26)10-12-31(13-11-28)27-23(20(3)29-21(4)30-27)16-22-8-6-5-7-9-22/h5-9,14-15H,10-13,16-17H2,1-4H3. The van der Waals surface area contributed by atoms with Gasteiger partial charge in [-0.3, -0.25) is 4.79 Å². The highest BCUT2D eigenvalue weighted by molar-refractivity contribution is 6.01. The fourth-order valence-electron chi connectivity index (χ4n) is 5.33. The van der Waals surface area contributed by atoms with Crippen molar-refractivity contribution in [3.05, 3.63) is 81.8 Å². The van der Waals surface area contributed by atoms with E-state index in [2.05, 4.69) is 47.1 Å². The molecule has 2 aliphatic rings. The van der Waals surface area contributed by atoms with E-state index in [1.54, 1.807) is 0 Å². The van der Waals surface area contributed by atoms with Gasteiger partial charge in [0, 0.05) is 43.6 Å². The smallest absolute Gasteiger partial charge is 0.170 e. The van der Waals surface area contributed by atoms with E-state index < -0.39 is 5.60 Å². The summed E-state index contributed by atoms with van der Waals surface area (Å²) in [6.07, 6.45) is 2.87. The number of fused-ring (bicyclic) bond motifs is 1. The van der Waals surface area contributed by atoms with Gasteiger partial charge in [-0.1, -0.05) is 36.4 Å². The number of rotatable bonds is 3. The topological polar surface area (TPSA) is 55.3 Å². The van der Waals surface area contributed by atoms with Gasteiger partial charge in [0.25, 0.3) is 0 Å². The molecule has 0 atom stereocenters. The van der Waals surface area contributed by atoms with Crippen LogP contribution in [0.4, 0.5) is 5.82 Å². The molecule has 3 heterocycles. The summed E-state index contributed by atoms with van der Waals surface area (Å²) in [6.45, 7) is 9.72. The largest absolute Gasteiger partial charge is 0.486 e. The van der Waals surface area contributed by atoms with Crippen molar-refractivity contribution >= 4 is 11.6 Å². The number of benzene rings is 2. The Balaban J connectivity index is 1.40. The van der Waals surface area contributed by atoms with E-state index in [0.29, 0.717) is 6.42 Å². The second-order valence-electron chi connectivity index (χ2n) is 9.65. The number of aryl methyl sites for hydroxylation is 4. The molecule has 170 valence electrons. The summed E-state index contributed by atoms with van der Waals surface area (Å²) in [4.78, 5) is 24.9. The molecule has 1 saturated heterocycles. The molecule has 33 heavy (non-hydrogen) atoms. The van der Waals surface area contributed by atoms with Crippen molar-refractivity contribution in [2.45, 2.75) is 59.0 Å². The van der Waals surface area contributed by atoms with Gasteiger partial charge in [0.1, 0.15) is 23.0 Å². The molecule has 1 aromatic heterocycles. The van der Waals surface area contributed by atoms with Crippen LogP contribution in [0, 0.1) is 27.7 Å². The Hall–Kier alpha value is -3.21. The number of ketones is 1. The minimum absolute atomic E-state index is 0.204. The predicted octanol–water partition coefficient (Wildman–Crippen LogP) is 5.31. The van der Waals surface area contributed by atoms with Crippen LogP contribution in [0.3, 0.4) is 0 Å². The van der Waals surface area contributed by atoms with Crippen LogP contribution in [0.2, 0.25) is 0 Å². The highest BCUT2D eigenvalue weighted by atomic mass is 16.5. The number of hydrogen-bond donors (Lipinski definition) is 0. The first-order valence-electron chi connectivity index (χ1n) is 11.8. The number of aromatic nitrogens is 2. The van der Waals surface area contributed by atoms with Crippen molar-refractivity contribution in [3.63, 3.8) is 0 Å². The van der Waals surface area contributed by atoms with Crippen LogP contribution in [0.5, 0.6) is 5.75 Å². The monoisotopic (exact) mass is 441 g/mol. The van der Waals surface area contributed by atoms with E-state index in [1.165, 1.54) is 11.1 Å². The van der Waals surface area contributed by atoms with E-state index in [4.69, 9.17) is 9.72 Å². The van der Waals surface area contributed by atoms with Gasteiger partial charge < -0.3 is 9.64 Å². The first-order valence-corrected chi connectivity index (χ1v) is 11.8. The molecule has 1 spiro atoms. The number of ether oxygens (including phenoxy) is 1. The number of carbonyl (C=O) groups excluding carboxylic acids is 1. The van der Waals surface area contributed by atoms with E-state index in [-0.39, 0.29) is 5.78 Å². The molecule has 1 fully saturated rings. The zero-order chi connectivity index (χ0) is 23.2. The van der Waals surface area contributed by atoms with Gasteiger partial charge in [0.05, 0.1) is 12.0 Å². The second kappa shape index (κ2) is 8.29. The van der Waals surface area contributed by atoms with Crippen LogP contribution >= 0.6 is 0 Å². The van der Waals surface area contributed by atoms with Gasteiger partial charge in [-0.2, -0.15) is 0 Å². The van der Waals surface area contributed by atoms with Crippen molar-refractivity contribution in [2.75, 3.05) is 18.0 Å². The van der Waals surface area contributed by atoms with Crippen LogP contribution in [0.15, 0.2) is 42.5 Å². The zero-order valence-corrected chi connectivity index (χ0v) is 19.9. The molecule has 5 rings (SSSR count). The Labute approximate surface area is 195 Å². The Morgan fingerprint density at radius 2 is 1.73 bits per heavy atom. The predicted molar refractivity (Wildman–Crippen MR) is 130 cm³/mol. The van der Waals surface area contributed by atoms with Crippen molar-refractivity contribution in [1.29, 1.82) is 0 Å². The number of anilines is 1. The van der Waals surface area contributed by atoms with Crippen LogP contribution in [-0.2, 0) is 6.42 Å². The summed E-state index contributed by atoms with van der Waals surface area (Å²) in [5.74, 6) is 2.80. The zero-order valence-electron chi connectivity index (χ0n) is 19.9. The van der Waals surface area contributed by atoms with Crippen LogP contribution in [0.1, 0.15) is 63.4 Å².